The largest absolute Gasteiger partial charge is 0.315 e. The molecule has 0 aliphatic carbocycles. The molecule has 102 valence electrons. The van der Waals surface area contributed by atoms with Gasteiger partial charge in [0.05, 0.1) is 14.4 Å². The zero-order valence-corrected chi connectivity index (χ0v) is 13.3. The van der Waals surface area contributed by atoms with Gasteiger partial charge in [0, 0.05) is 12.6 Å². The average molecular weight is 376 g/mol. The van der Waals surface area contributed by atoms with Crippen LogP contribution in [0.2, 0.25) is 5.02 Å². The van der Waals surface area contributed by atoms with Crippen molar-refractivity contribution in [2.24, 2.45) is 0 Å². The summed E-state index contributed by atoms with van der Waals surface area (Å²) in [5.41, 5.74) is 0. The number of sulfonamides is 1. The lowest BCUT2D eigenvalue weighted by Gasteiger charge is -2.13. The number of hydrogen-bond acceptors (Lipinski definition) is 3. The molecule has 1 heterocycles. The van der Waals surface area contributed by atoms with Crippen molar-refractivity contribution in [3.8, 4) is 0 Å². The Morgan fingerprint density at radius 3 is 2.78 bits per heavy atom. The van der Waals surface area contributed by atoms with Gasteiger partial charge < -0.3 is 5.32 Å². The minimum atomic E-state index is -3.52. The third kappa shape index (κ3) is 3.59. The van der Waals surface area contributed by atoms with Crippen molar-refractivity contribution in [3.05, 3.63) is 27.7 Å². The van der Waals surface area contributed by atoms with Crippen LogP contribution in [0.15, 0.2) is 27.6 Å². The third-order valence-electron chi connectivity index (χ3n) is 2.59. The van der Waals surface area contributed by atoms with E-state index in [1.54, 1.807) is 12.1 Å². The van der Waals surface area contributed by atoms with Crippen molar-refractivity contribution in [1.29, 1.82) is 0 Å². The lowest BCUT2D eigenvalue weighted by atomic mass is 10.3. The lowest BCUT2D eigenvalue weighted by molar-refractivity contribution is 0.559. The number of nitrogens with one attached hydrogen (secondary N) is 2. The van der Waals surface area contributed by atoms with Crippen molar-refractivity contribution < 1.29 is 8.42 Å². The van der Waals surface area contributed by atoms with Gasteiger partial charge in [0.2, 0.25) is 10.0 Å². The molecule has 0 saturated carbocycles. The molecular formula is C10H13BrCl2N2O2S. The van der Waals surface area contributed by atoms with E-state index >= 15 is 0 Å². The Labute approximate surface area is 126 Å². The fraction of sp³-hybridized carbons (Fsp3) is 0.400. The zero-order chi connectivity index (χ0) is 12.5. The van der Waals surface area contributed by atoms with E-state index in [4.69, 9.17) is 11.6 Å². The summed E-state index contributed by atoms with van der Waals surface area (Å²) >= 11 is 9.08. The second-order valence-electron chi connectivity index (χ2n) is 3.86. The Bertz CT molecular complexity index is 519. The molecule has 0 spiro atoms. The first-order chi connectivity index (χ1) is 8.00. The number of halogens is 3. The van der Waals surface area contributed by atoms with Crippen molar-refractivity contribution in [2.75, 3.05) is 13.1 Å². The van der Waals surface area contributed by atoms with Crippen LogP contribution < -0.4 is 10.0 Å². The molecule has 2 N–H and O–H groups in total. The van der Waals surface area contributed by atoms with Crippen LogP contribution in [0.5, 0.6) is 0 Å². The van der Waals surface area contributed by atoms with E-state index in [2.05, 4.69) is 26.0 Å². The smallest absolute Gasteiger partial charge is 0.242 e. The fourth-order valence-corrected chi connectivity index (χ4v) is 4.23. The second-order valence-corrected chi connectivity index (χ2v) is 6.75. The van der Waals surface area contributed by atoms with Gasteiger partial charge in [-0.2, -0.15) is 0 Å². The van der Waals surface area contributed by atoms with Crippen LogP contribution in [0.25, 0.3) is 0 Å². The van der Waals surface area contributed by atoms with E-state index in [0.717, 1.165) is 13.0 Å². The maximum atomic E-state index is 12.1. The van der Waals surface area contributed by atoms with Crippen LogP contribution in [0.3, 0.4) is 0 Å². The summed E-state index contributed by atoms with van der Waals surface area (Å²) < 4.78 is 27.3. The number of benzene rings is 1. The zero-order valence-electron chi connectivity index (χ0n) is 9.32. The summed E-state index contributed by atoms with van der Waals surface area (Å²) in [7, 11) is -3.52. The van der Waals surface area contributed by atoms with E-state index < -0.39 is 10.0 Å². The monoisotopic (exact) mass is 374 g/mol. The maximum absolute atomic E-state index is 12.1. The topological polar surface area (TPSA) is 58.2 Å². The average Bonchev–Trinajstić information content (AvgIpc) is 2.73. The summed E-state index contributed by atoms with van der Waals surface area (Å²) in [6, 6.07) is 4.74. The van der Waals surface area contributed by atoms with Gasteiger partial charge in [-0.1, -0.05) is 17.7 Å². The Kier molecular flexibility index (Phi) is 5.89. The molecule has 8 heteroatoms. The summed E-state index contributed by atoms with van der Waals surface area (Å²) in [5.74, 6) is 0. The molecule has 1 aliphatic rings. The summed E-state index contributed by atoms with van der Waals surface area (Å²) in [4.78, 5) is 0.178. The van der Waals surface area contributed by atoms with Crippen molar-refractivity contribution in [3.63, 3.8) is 0 Å². The van der Waals surface area contributed by atoms with Gasteiger partial charge in [-0.25, -0.2) is 13.1 Å². The minimum Gasteiger partial charge on any atom is -0.315 e. The molecule has 0 amide bonds. The predicted molar refractivity (Wildman–Crippen MR) is 78.0 cm³/mol. The van der Waals surface area contributed by atoms with Crippen LogP contribution in [0, 0.1) is 0 Å². The molecule has 1 fully saturated rings. The Morgan fingerprint density at radius 2 is 2.17 bits per heavy atom. The molecule has 1 saturated heterocycles. The summed E-state index contributed by atoms with van der Waals surface area (Å²) in [6.45, 7) is 1.50. The second kappa shape index (κ2) is 6.54. The Hall–Kier alpha value is 0.150. The van der Waals surface area contributed by atoms with Crippen LogP contribution in [0.1, 0.15) is 6.42 Å². The molecule has 0 radical (unpaired) electrons. The highest BCUT2D eigenvalue weighted by atomic mass is 79.9. The molecule has 1 unspecified atom stereocenters. The van der Waals surface area contributed by atoms with E-state index in [1.165, 1.54) is 6.07 Å². The summed E-state index contributed by atoms with van der Waals surface area (Å²) in [6.07, 6.45) is 0.803. The summed E-state index contributed by atoms with van der Waals surface area (Å²) in [5, 5.41) is 3.49. The van der Waals surface area contributed by atoms with Crippen molar-refractivity contribution in [1.82, 2.24) is 10.0 Å². The fourth-order valence-electron chi connectivity index (χ4n) is 1.73. The number of rotatable bonds is 3. The maximum Gasteiger partial charge on any atom is 0.242 e. The molecule has 4 nitrogen and oxygen atoms in total. The van der Waals surface area contributed by atoms with Gasteiger partial charge in [-0.3, -0.25) is 0 Å². The molecule has 2 rings (SSSR count). The van der Waals surface area contributed by atoms with Crippen molar-refractivity contribution in [2.45, 2.75) is 17.4 Å². The quantitative estimate of drug-likeness (QED) is 0.851. The van der Waals surface area contributed by atoms with Gasteiger partial charge >= 0.3 is 0 Å². The highest BCUT2D eigenvalue weighted by Gasteiger charge is 2.24. The molecule has 1 aliphatic heterocycles. The van der Waals surface area contributed by atoms with Crippen LogP contribution in [0.4, 0.5) is 0 Å². The van der Waals surface area contributed by atoms with Gasteiger partial charge in [0.1, 0.15) is 0 Å². The standard InChI is InChI=1S/C10H12BrClN2O2S.ClH/c11-10-8(12)2-1-3-9(10)17(15,16)14-7-4-5-13-6-7;/h1-3,7,13-14H,4-6H2;1H. The lowest BCUT2D eigenvalue weighted by Crippen LogP contribution is -2.36. The van der Waals surface area contributed by atoms with Crippen LogP contribution in [-0.2, 0) is 10.0 Å². The third-order valence-corrected chi connectivity index (χ3v) is 5.81. The first kappa shape index (κ1) is 16.2. The molecule has 18 heavy (non-hydrogen) atoms. The first-order valence-corrected chi connectivity index (χ1v) is 7.83. The SMILES string of the molecule is Cl.O=S(=O)(NC1CCNC1)c1cccc(Cl)c1Br. The normalized spacial score (nSPS) is 19.6. The van der Waals surface area contributed by atoms with E-state index in [-0.39, 0.29) is 23.3 Å². The van der Waals surface area contributed by atoms with Gasteiger partial charge in [0.15, 0.2) is 0 Å². The highest BCUT2D eigenvalue weighted by molar-refractivity contribution is 9.10. The number of hydrogen-bond donors (Lipinski definition) is 2. The molecule has 1 atom stereocenters. The Balaban J connectivity index is 0.00000162. The predicted octanol–water partition coefficient (Wildman–Crippen LogP) is 2.16. The molecule has 1 aromatic carbocycles. The minimum absolute atomic E-state index is 0. The van der Waals surface area contributed by atoms with Crippen molar-refractivity contribution >= 4 is 50.0 Å². The molecule has 0 aromatic heterocycles. The van der Waals surface area contributed by atoms with Crippen LogP contribution >= 0.6 is 39.9 Å². The first-order valence-electron chi connectivity index (χ1n) is 5.18. The van der Waals surface area contributed by atoms with E-state index in [0.29, 0.717) is 16.0 Å². The molecule has 0 bridgehead atoms. The van der Waals surface area contributed by atoms with E-state index in [1.807, 2.05) is 0 Å². The molecular weight excluding hydrogens is 363 g/mol. The molecule has 1 aromatic rings. The Morgan fingerprint density at radius 1 is 1.44 bits per heavy atom. The van der Waals surface area contributed by atoms with Gasteiger partial charge in [-0.05, 0) is 41.0 Å². The van der Waals surface area contributed by atoms with Gasteiger partial charge in [-0.15, -0.1) is 12.4 Å². The highest BCUT2D eigenvalue weighted by Crippen LogP contribution is 2.29. The van der Waals surface area contributed by atoms with Gasteiger partial charge in [0.25, 0.3) is 0 Å². The van der Waals surface area contributed by atoms with E-state index in [9.17, 15) is 8.42 Å². The van der Waals surface area contributed by atoms with Crippen LogP contribution in [-0.4, -0.2) is 27.5 Å².